The predicted molar refractivity (Wildman–Crippen MR) is 127 cm³/mol. The normalized spacial score (nSPS) is 16.2. The Morgan fingerprint density at radius 1 is 1.11 bits per heavy atom. The SMILES string of the molecule is CCNC(=NCc1cc(C(CC)CC)no1)NCCN1CCN(CC)CC1.I. The van der Waals surface area contributed by atoms with E-state index in [-0.39, 0.29) is 24.0 Å². The molecule has 28 heavy (non-hydrogen) atoms. The monoisotopic (exact) mass is 506 g/mol. The lowest BCUT2D eigenvalue weighted by Crippen LogP contribution is -2.49. The van der Waals surface area contributed by atoms with Crippen LogP contribution in [0.1, 0.15) is 57.9 Å². The van der Waals surface area contributed by atoms with Gasteiger partial charge in [-0.1, -0.05) is 25.9 Å². The van der Waals surface area contributed by atoms with Gasteiger partial charge in [0, 0.05) is 57.8 Å². The number of guanidine groups is 1. The van der Waals surface area contributed by atoms with Crippen molar-refractivity contribution in [3.05, 3.63) is 17.5 Å². The van der Waals surface area contributed by atoms with Gasteiger partial charge in [0.25, 0.3) is 0 Å². The van der Waals surface area contributed by atoms with Crippen LogP contribution in [-0.2, 0) is 6.54 Å². The van der Waals surface area contributed by atoms with E-state index in [1.807, 2.05) is 0 Å². The van der Waals surface area contributed by atoms with E-state index in [0.717, 1.165) is 69.5 Å². The van der Waals surface area contributed by atoms with E-state index < -0.39 is 0 Å². The minimum atomic E-state index is 0. The summed E-state index contributed by atoms with van der Waals surface area (Å²) in [6.45, 7) is 17.8. The van der Waals surface area contributed by atoms with Crippen LogP contribution in [0.4, 0.5) is 0 Å². The second-order valence-corrected chi connectivity index (χ2v) is 7.13. The smallest absolute Gasteiger partial charge is 0.191 e. The Hall–Kier alpha value is -0.870. The van der Waals surface area contributed by atoms with Gasteiger partial charge in [0.05, 0.1) is 5.69 Å². The third-order valence-electron chi connectivity index (χ3n) is 5.35. The molecule has 0 spiro atoms. The van der Waals surface area contributed by atoms with Gasteiger partial charge in [0.15, 0.2) is 11.7 Å². The van der Waals surface area contributed by atoms with Crippen LogP contribution in [-0.4, -0.2) is 73.3 Å². The lowest BCUT2D eigenvalue weighted by molar-refractivity contribution is 0.139. The number of halogens is 1. The lowest BCUT2D eigenvalue weighted by Gasteiger charge is -2.34. The topological polar surface area (TPSA) is 68.9 Å². The van der Waals surface area contributed by atoms with Crippen molar-refractivity contribution in [1.29, 1.82) is 0 Å². The van der Waals surface area contributed by atoms with Gasteiger partial charge in [0.1, 0.15) is 6.54 Å². The summed E-state index contributed by atoms with van der Waals surface area (Å²) in [5.41, 5.74) is 1.05. The first kappa shape index (κ1) is 25.2. The summed E-state index contributed by atoms with van der Waals surface area (Å²) in [7, 11) is 0. The lowest BCUT2D eigenvalue weighted by atomic mass is 9.99. The number of rotatable bonds is 10. The first-order chi connectivity index (χ1) is 13.2. The summed E-state index contributed by atoms with van der Waals surface area (Å²) in [6.07, 6.45) is 2.17. The van der Waals surface area contributed by atoms with Gasteiger partial charge in [-0.3, -0.25) is 4.90 Å². The maximum atomic E-state index is 5.47. The van der Waals surface area contributed by atoms with Gasteiger partial charge < -0.3 is 20.1 Å². The van der Waals surface area contributed by atoms with E-state index in [0.29, 0.717) is 12.5 Å². The molecular formula is C20H39IN6O. The number of likely N-dealkylation sites (N-methyl/N-ethyl adjacent to an activating group) is 1. The molecule has 1 aromatic rings. The number of hydrogen-bond acceptors (Lipinski definition) is 5. The summed E-state index contributed by atoms with van der Waals surface area (Å²) in [4.78, 5) is 9.67. The van der Waals surface area contributed by atoms with E-state index in [2.05, 4.69) is 64.3 Å². The molecule has 0 aliphatic carbocycles. The van der Waals surface area contributed by atoms with Crippen molar-refractivity contribution >= 4 is 29.9 Å². The number of hydrogen-bond donors (Lipinski definition) is 2. The fourth-order valence-electron chi connectivity index (χ4n) is 3.46. The van der Waals surface area contributed by atoms with E-state index in [1.165, 1.54) is 13.1 Å². The van der Waals surface area contributed by atoms with E-state index in [1.54, 1.807) is 0 Å². The molecule has 7 nitrogen and oxygen atoms in total. The Morgan fingerprint density at radius 3 is 2.39 bits per heavy atom. The highest BCUT2D eigenvalue weighted by Gasteiger charge is 2.15. The van der Waals surface area contributed by atoms with Crippen molar-refractivity contribution in [3.8, 4) is 0 Å². The molecule has 162 valence electrons. The third kappa shape index (κ3) is 8.24. The minimum Gasteiger partial charge on any atom is -0.359 e. The van der Waals surface area contributed by atoms with Crippen molar-refractivity contribution in [1.82, 2.24) is 25.6 Å². The third-order valence-corrected chi connectivity index (χ3v) is 5.35. The molecule has 1 aromatic heterocycles. The van der Waals surface area contributed by atoms with E-state index >= 15 is 0 Å². The van der Waals surface area contributed by atoms with Crippen molar-refractivity contribution in [2.75, 3.05) is 52.4 Å². The zero-order chi connectivity index (χ0) is 19.5. The molecule has 1 saturated heterocycles. The average Bonchev–Trinajstić information content (AvgIpc) is 3.16. The van der Waals surface area contributed by atoms with Gasteiger partial charge in [-0.15, -0.1) is 24.0 Å². The number of nitrogens with one attached hydrogen (secondary N) is 2. The Labute approximate surface area is 187 Å². The second kappa shape index (κ2) is 14.2. The highest BCUT2D eigenvalue weighted by atomic mass is 127. The van der Waals surface area contributed by atoms with Gasteiger partial charge in [-0.2, -0.15) is 0 Å². The number of aromatic nitrogens is 1. The standard InChI is InChI=1S/C20H38N6O.HI/c1-5-17(6-2)19-15-18(27-24-19)16-23-20(21-7-3)22-9-10-26-13-11-25(8-4)12-14-26;/h15,17H,5-14,16H2,1-4H3,(H2,21,22,23);1H. The van der Waals surface area contributed by atoms with Crippen LogP contribution in [0.15, 0.2) is 15.6 Å². The number of aliphatic imine (C=N–C) groups is 1. The summed E-state index contributed by atoms with van der Waals surface area (Å²) in [6, 6.07) is 2.05. The fraction of sp³-hybridized carbons (Fsp3) is 0.800. The molecule has 0 atom stereocenters. The Balaban J connectivity index is 0.00000392. The fourth-order valence-corrected chi connectivity index (χ4v) is 3.46. The van der Waals surface area contributed by atoms with Crippen molar-refractivity contribution < 1.29 is 4.52 Å². The molecule has 0 unspecified atom stereocenters. The maximum Gasteiger partial charge on any atom is 0.191 e. The molecule has 0 amide bonds. The van der Waals surface area contributed by atoms with Crippen molar-refractivity contribution in [3.63, 3.8) is 0 Å². The molecule has 0 aromatic carbocycles. The Morgan fingerprint density at radius 2 is 1.79 bits per heavy atom. The minimum absolute atomic E-state index is 0. The average molecular weight is 506 g/mol. The predicted octanol–water partition coefficient (Wildman–Crippen LogP) is 2.89. The Kier molecular flexibility index (Phi) is 12.7. The molecule has 1 aliphatic heterocycles. The molecule has 0 saturated carbocycles. The highest BCUT2D eigenvalue weighted by molar-refractivity contribution is 14.0. The summed E-state index contributed by atoms with van der Waals surface area (Å²) in [5, 5.41) is 11.0. The van der Waals surface area contributed by atoms with Gasteiger partial charge >= 0.3 is 0 Å². The van der Waals surface area contributed by atoms with Crippen LogP contribution in [0.3, 0.4) is 0 Å². The molecule has 8 heteroatoms. The van der Waals surface area contributed by atoms with Crippen molar-refractivity contribution in [2.45, 2.75) is 53.0 Å². The van der Waals surface area contributed by atoms with E-state index in [9.17, 15) is 0 Å². The Bertz CT molecular complexity index is 553. The maximum absolute atomic E-state index is 5.47. The molecule has 1 aliphatic rings. The number of piperazine rings is 1. The molecule has 1 fully saturated rings. The first-order valence-corrected chi connectivity index (χ1v) is 10.6. The summed E-state index contributed by atoms with van der Waals surface area (Å²) < 4.78 is 5.47. The molecule has 2 heterocycles. The van der Waals surface area contributed by atoms with Crippen molar-refractivity contribution in [2.24, 2.45) is 4.99 Å². The van der Waals surface area contributed by atoms with Crippen LogP contribution in [0.2, 0.25) is 0 Å². The van der Waals surface area contributed by atoms with Gasteiger partial charge in [-0.05, 0) is 26.3 Å². The van der Waals surface area contributed by atoms with Gasteiger partial charge in [-0.25, -0.2) is 4.99 Å². The molecular weight excluding hydrogens is 467 g/mol. The molecule has 0 radical (unpaired) electrons. The van der Waals surface area contributed by atoms with Crippen LogP contribution in [0.25, 0.3) is 0 Å². The van der Waals surface area contributed by atoms with Crippen LogP contribution in [0.5, 0.6) is 0 Å². The molecule has 2 N–H and O–H groups in total. The zero-order valence-electron chi connectivity index (χ0n) is 18.0. The van der Waals surface area contributed by atoms with Crippen LogP contribution in [0, 0.1) is 0 Å². The first-order valence-electron chi connectivity index (χ1n) is 10.6. The largest absolute Gasteiger partial charge is 0.359 e. The molecule has 2 rings (SSSR count). The van der Waals surface area contributed by atoms with E-state index in [4.69, 9.17) is 4.52 Å². The van der Waals surface area contributed by atoms with Crippen LogP contribution < -0.4 is 10.6 Å². The number of nitrogens with zero attached hydrogens (tertiary/aromatic N) is 4. The van der Waals surface area contributed by atoms with Crippen LogP contribution >= 0.6 is 24.0 Å². The highest BCUT2D eigenvalue weighted by Crippen LogP contribution is 2.22. The summed E-state index contributed by atoms with van der Waals surface area (Å²) in [5.74, 6) is 2.14. The second-order valence-electron chi connectivity index (χ2n) is 7.13. The quantitative estimate of drug-likeness (QED) is 0.289. The summed E-state index contributed by atoms with van der Waals surface area (Å²) >= 11 is 0. The van der Waals surface area contributed by atoms with Gasteiger partial charge in [0.2, 0.25) is 0 Å². The zero-order valence-corrected chi connectivity index (χ0v) is 20.4. The molecule has 0 bridgehead atoms.